The number of ketones is 1. The first kappa shape index (κ1) is 26.8. The van der Waals surface area contributed by atoms with Crippen LogP contribution >= 0.6 is 23.1 Å². The molecule has 0 aliphatic carbocycles. The van der Waals surface area contributed by atoms with Gasteiger partial charge in [-0.25, -0.2) is 0 Å². The number of aliphatic hydroxyl groups excluding tert-OH is 1. The Labute approximate surface area is 236 Å². The zero-order valence-corrected chi connectivity index (χ0v) is 23.8. The molecule has 1 fully saturated rings. The largest absolute Gasteiger partial charge is 0.507 e. The monoisotopic (exact) mass is 555 g/mol. The molecule has 1 saturated heterocycles. The van der Waals surface area contributed by atoms with Crippen LogP contribution in [0.4, 0.5) is 5.13 Å². The van der Waals surface area contributed by atoms with Crippen LogP contribution in [0.25, 0.3) is 5.76 Å². The molecule has 0 bridgehead atoms. The second-order valence-corrected chi connectivity index (χ2v) is 12.1. The van der Waals surface area contributed by atoms with Crippen molar-refractivity contribution in [3.63, 3.8) is 0 Å². The molecule has 4 aromatic rings. The van der Waals surface area contributed by atoms with Gasteiger partial charge in [0.15, 0.2) is 4.34 Å². The van der Waals surface area contributed by atoms with Gasteiger partial charge in [-0.05, 0) is 48.1 Å². The Hall–Kier alpha value is -3.75. The summed E-state index contributed by atoms with van der Waals surface area (Å²) in [6, 6.07) is 22.7. The molecule has 5 rings (SSSR count). The van der Waals surface area contributed by atoms with Crippen LogP contribution in [0, 0.1) is 13.8 Å². The maximum Gasteiger partial charge on any atom is 0.301 e. The van der Waals surface area contributed by atoms with Crippen molar-refractivity contribution in [1.82, 2.24) is 10.2 Å². The molecule has 3 aromatic carbocycles. The first-order valence-electron chi connectivity index (χ1n) is 12.7. The van der Waals surface area contributed by atoms with Gasteiger partial charge < -0.3 is 5.11 Å². The number of anilines is 1. The second kappa shape index (κ2) is 11.2. The van der Waals surface area contributed by atoms with Crippen LogP contribution < -0.4 is 4.90 Å². The van der Waals surface area contributed by atoms with E-state index in [4.69, 9.17) is 0 Å². The Balaban J connectivity index is 1.58. The summed E-state index contributed by atoms with van der Waals surface area (Å²) in [4.78, 5) is 28.4. The van der Waals surface area contributed by atoms with Gasteiger partial charge in [-0.1, -0.05) is 109 Å². The standard InChI is InChI=1S/C31H29N3O3S2/c1-18(2)22-12-14-23(15-13-22)26-25(27(35)24-16-19(3)10-11-20(24)4)28(36)29(37)34(26)30-32-33-31(39-30)38-17-21-8-6-5-7-9-21/h5-16,18,26,35H,17H2,1-4H3/b27-25+. The first-order chi connectivity index (χ1) is 18.7. The zero-order valence-electron chi connectivity index (χ0n) is 22.2. The van der Waals surface area contributed by atoms with Gasteiger partial charge in [0.05, 0.1) is 11.6 Å². The van der Waals surface area contributed by atoms with Crippen molar-refractivity contribution in [3.05, 3.63) is 112 Å². The van der Waals surface area contributed by atoms with Gasteiger partial charge in [-0.2, -0.15) is 0 Å². The highest BCUT2D eigenvalue weighted by atomic mass is 32.2. The van der Waals surface area contributed by atoms with Crippen molar-refractivity contribution in [3.8, 4) is 0 Å². The summed E-state index contributed by atoms with van der Waals surface area (Å²) in [6.45, 7) is 8.01. The predicted molar refractivity (Wildman–Crippen MR) is 157 cm³/mol. The second-order valence-electron chi connectivity index (χ2n) is 9.93. The molecule has 1 aromatic heterocycles. The van der Waals surface area contributed by atoms with E-state index < -0.39 is 17.7 Å². The molecular weight excluding hydrogens is 526 g/mol. The number of hydrogen-bond acceptors (Lipinski definition) is 7. The van der Waals surface area contributed by atoms with Crippen LogP contribution in [0.2, 0.25) is 0 Å². The molecule has 1 amide bonds. The number of aromatic nitrogens is 2. The number of benzene rings is 3. The molecular formula is C31H29N3O3S2. The lowest BCUT2D eigenvalue weighted by atomic mass is 9.92. The topological polar surface area (TPSA) is 83.4 Å². The molecule has 0 radical (unpaired) electrons. The van der Waals surface area contributed by atoms with Crippen LogP contribution in [-0.4, -0.2) is 27.0 Å². The highest BCUT2D eigenvalue weighted by molar-refractivity contribution is 8.00. The van der Waals surface area contributed by atoms with Crippen LogP contribution in [0.15, 0.2) is 82.7 Å². The molecule has 1 N–H and O–H groups in total. The average molecular weight is 556 g/mol. The SMILES string of the molecule is Cc1ccc(C)c(/C(O)=C2\C(=O)C(=O)N(c3nnc(SCc4ccccc4)s3)C2c2ccc(C(C)C)cc2)c1. The lowest BCUT2D eigenvalue weighted by Crippen LogP contribution is -2.29. The number of carbonyl (C=O) groups excluding carboxylic acids is 2. The number of carbonyl (C=O) groups is 2. The minimum Gasteiger partial charge on any atom is -0.507 e. The third-order valence-electron chi connectivity index (χ3n) is 6.82. The van der Waals surface area contributed by atoms with Crippen LogP contribution in [0.5, 0.6) is 0 Å². The lowest BCUT2D eigenvalue weighted by Gasteiger charge is -2.23. The Morgan fingerprint density at radius 2 is 1.72 bits per heavy atom. The number of rotatable bonds is 7. The van der Waals surface area contributed by atoms with Crippen LogP contribution in [-0.2, 0) is 15.3 Å². The molecule has 1 aliphatic rings. The van der Waals surface area contributed by atoms with Crippen molar-refractivity contribution >= 4 is 45.7 Å². The molecule has 0 saturated carbocycles. The molecule has 8 heteroatoms. The average Bonchev–Trinajstić information content (AvgIpc) is 3.51. The van der Waals surface area contributed by atoms with E-state index in [1.165, 1.54) is 28.0 Å². The molecule has 1 aliphatic heterocycles. The van der Waals surface area contributed by atoms with Gasteiger partial charge in [0.1, 0.15) is 5.76 Å². The summed E-state index contributed by atoms with van der Waals surface area (Å²) < 4.78 is 0.694. The highest BCUT2D eigenvalue weighted by Gasteiger charge is 2.48. The van der Waals surface area contributed by atoms with Crippen molar-refractivity contribution in [2.75, 3.05) is 4.90 Å². The number of Topliss-reactive ketones (excluding diaryl/α,β-unsaturated/α-hetero) is 1. The van der Waals surface area contributed by atoms with E-state index in [0.29, 0.717) is 26.7 Å². The van der Waals surface area contributed by atoms with Crippen molar-refractivity contribution in [1.29, 1.82) is 0 Å². The number of aryl methyl sites for hydroxylation is 2. The maximum atomic E-state index is 13.5. The molecule has 1 atom stereocenters. The van der Waals surface area contributed by atoms with E-state index in [0.717, 1.165) is 27.8 Å². The number of hydrogen-bond donors (Lipinski definition) is 1. The van der Waals surface area contributed by atoms with Gasteiger partial charge in [-0.3, -0.25) is 14.5 Å². The zero-order chi connectivity index (χ0) is 27.7. The fraction of sp³-hybridized carbons (Fsp3) is 0.226. The fourth-order valence-electron chi connectivity index (χ4n) is 4.62. The molecule has 39 heavy (non-hydrogen) atoms. The highest BCUT2D eigenvalue weighted by Crippen LogP contribution is 2.44. The number of thioether (sulfide) groups is 1. The molecule has 6 nitrogen and oxygen atoms in total. The third kappa shape index (κ3) is 5.40. The van der Waals surface area contributed by atoms with Gasteiger partial charge in [-0.15, -0.1) is 10.2 Å². The summed E-state index contributed by atoms with van der Waals surface area (Å²) in [7, 11) is 0. The Morgan fingerprint density at radius 1 is 1.00 bits per heavy atom. The maximum absolute atomic E-state index is 13.5. The third-order valence-corrected chi connectivity index (χ3v) is 8.95. The van der Waals surface area contributed by atoms with E-state index in [1.807, 2.05) is 86.6 Å². The number of aliphatic hydroxyl groups is 1. The predicted octanol–water partition coefficient (Wildman–Crippen LogP) is 7.20. The van der Waals surface area contributed by atoms with E-state index in [2.05, 4.69) is 24.0 Å². The summed E-state index contributed by atoms with van der Waals surface area (Å²) in [5.41, 5.74) is 5.36. The normalized spacial score (nSPS) is 16.8. The smallest absolute Gasteiger partial charge is 0.301 e. The minimum atomic E-state index is -0.828. The van der Waals surface area contributed by atoms with E-state index in [9.17, 15) is 14.7 Å². The number of amides is 1. The summed E-state index contributed by atoms with van der Waals surface area (Å²) >= 11 is 2.79. The summed E-state index contributed by atoms with van der Waals surface area (Å²) in [5, 5.41) is 20.4. The molecule has 0 spiro atoms. The quantitative estimate of drug-likeness (QED) is 0.0854. The molecule has 2 heterocycles. The van der Waals surface area contributed by atoms with Gasteiger partial charge in [0, 0.05) is 11.3 Å². The first-order valence-corrected chi connectivity index (χ1v) is 14.5. The van der Waals surface area contributed by atoms with Crippen LogP contribution in [0.3, 0.4) is 0 Å². The molecule has 198 valence electrons. The van der Waals surface area contributed by atoms with Crippen LogP contribution in [0.1, 0.15) is 59.2 Å². The van der Waals surface area contributed by atoms with Crippen molar-refractivity contribution in [2.24, 2.45) is 0 Å². The number of nitrogens with zero attached hydrogens (tertiary/aromatic N) is 3. The lowest BCUT2D eigenvalue weighted by molar-refractivity contribution is -0.132. The Kier molecular flexibility index (Phi) is 7.68. The summed E-state index contributed by atoms with van der Waals surface area (Å²) in [5.74, 6) is -0.609. The van der Waals surface area contributed by atoms with Gasteiger partial charge in [0.25, 0.3) is 5.78 Å². The van der Waals surface area contributed by atoms with Gasteiger partial charge >= 0.3 is 5.91 Å². The summed E-state index contributed by atoms with van der Waals surface area (Å²) in [6.07, 6.45) is 0. The Bertz CT molecular complexity index is 1560. The van der Waals surface area contributed by atoms with Crippen molar-refractivity contribution < 1.29 is 14.7 Å². The van der Waals surface area contributed by atoms with E-state index in [-0.39, 0.29) is 11.3 Å². The van der Waals surface area contributed by atoms with E-state index >= 15 is 0 Å². The Morgan fingerprint density at radius 3 is 2.41 bits per heavy atom. The molecule has 1 unspecified atom stereocenters. The van der Waals surface area contributed by atoms with Crippen molar-refractivity contribution in [2.45, 2.75) is 49.7 Å². The minimum absolute atomic E-state index is 0.0553. The van der Waals surface area contributed by atoms with E-state index in [1.54, 1.807) is 0 Å². The van der Waals surface area contributed by atoms with Gasteiger partial charge in [0.2, 0.25) is 5.13 Å². The fourth-order valence-corrected chi connectivity index (χ4v) is 6.45.